The van der Waals surface area contributed by atoms with Crippen LogP contribution in [0.2, 0.25) is 0 Å². The van der Waals surface area contributed by atoms with Gasteiger partial charge in [0.15, 0.2) is 12.4 Å². The Hall–Kier alpha value is -3.27. The molecule has 158 valence electrons. The molecular weight excluding hydrogens is 412 g/mol. The number of anilines is 1. The van der Waals surface area contributed by atoms with Gasteiger partial charge in [0.05, 0.1) is 16.9 Å². The second kappa shape index (κ2) is 8.23. The van der Waals surface area contributed by atoms with Crippen molar-refractivity contribution in [3.63, 3.8) is 0 Å². The minimum absolute atomic E-state index is 0.190. The quantitative estimate of drug-likeness (QED) is 0.297. The van der Waals surface area contributed by atoms with Gasteiger partial charge in [-0.3, -0.25) is 19.2 Å². The topological polar surface area (TPSA) is 124 Å². The molecule has 0 aromatic heterocycles. The third-order valence-electron chi connectivity index (χ3n) is 4.86. The zero-order valence-corrected chi connectivity index (χ0v) is 17.3. The van der Waals surface area contributed by atoms with Crippen molar-refractivity contribution in [1.82, 2.24) is 0 Å². The Kier molecular flexibility index (Phi) is 5.88. The summed E-state index contributed by atoms with van der Waals surface area (Å²) in [6.07, 6.45) is 2.38. The number of nitro groups is 1. The molecule has 0 unspecified atom stereocenters. The number of esters is 1. The third kappa shape index (κ3) is 4.33. The maximum absolute atomic E-state index is 12.5. The molecule has 0 aliphatic carbocycles. The predicted molar refractivity (Wildman–Crippen MR) is 109 cm³/mol. The number of carbonyl (C=O) groups excluding carboxylic acids is 2. The zero-order valence-electron chi connectivity index (χ0n) is 16.5. The third-order valence-corrected chi connectivity index (χ3v) is 6.04. The van der Waals surface area contributed by atoms with Gasteiger partial charge in [-0.1, -0.05) is 12.1 Å². The van der Waals surface area contributed by atoms with Crippen LogP contribution >= 0.6 is 0 Å². The van der Waals surface area contributed by atoms with E-state index in [4.69, 9.17) is 4.74 Å². The largest absolute Gasteiger partial charge is 0.453 e. The summed E-state index contributed by atoms with van der Waals surface area (Å²) < 4.78 is 30.2. The van der Waals surface area contributed by atoms with Crippen LogP contribution in [-0.4, -0.2) is 44.5 Å². The van der Waals surface area contributed by atoms with Gasteiger partial charge in [-0.25, -0.2) is 13.2 Å². The van der Waals surface area contributed by atoms with Gasteiger partial charge in [-0.15, -0.1) is 0 Å². The van der Waals surface area contributed by atoms with E-state index in [9.17, 15) is 28.1 Å². The number of nitro benzene ring substituents is 1. The number of ketones is 1. The molecule has 1 aliphatic rings. The van der Waals surface area contributed by atoms with E-state index in [-0.39, 0.29) is 16.8 Å². The van der Waals surface area contributed by atoms with E-state index in [0.29, 0.717) is 30.6 Å². The Morgan fingerprint density at radius 1 is 1.23 bits per heavy atom. The van der Waals surface area contributed by atoms with Crippen LogP contribution in [0.15, 0.2) is 36.4 Å². The van der Waals surface area contributed by atoms with Gasteiger partial charge in [0.25, 0.3) is 5.69 Å². The van der Waals surface area contributed by atoms with Crippen LogP contribution in [0, 0.1) is 17.0 Å². The Bertz CT molecular complexity index is 1140. The van der Waals surface area contributed by atoms with Gasteiger partial charge in [0, 0.05) is 18.2 Å². The van der Waals surface area contributed by atoms with Crippen molar-refractivity contribution in [3.05, 3.63) is 68.8 Å². The minimum atomic E-state index is -3.42. The monoisotopic (exact) mass is 432 g/mol. The lowest BCUT2D eigenvalue weighted by molar-refractivity contribution is -0.385. The van der Waals surface area contributed by atoms with E-state index < -0.39 is 33.3 Å². The Labute approximate surface area is 173 Å². The molecule has 2 aromatic rings. The van der Waals surface area contributed by atoms with Crippen molar-refractivity contribution in [2.75, 3.05) is 23.7 Å². The number of hydrogen-bond donors (Lipinski definition) is 0. The molecule has 1 heterocycles. The highest BCUT2D eigenvalue weighted by atomic mass is 32.2. The van der Waals surface area contributed by atoms with Crippen molar-refractivity contribution in [1.29, 1.82) is 0 Å². The minimum Gasteiger partial charge on any atom is -0.453 e. The molecule has 10 heteroatoms. The number of nitrogens with zero attached hydrogens (tertiary/aromatic N) is 2. The molecular formula is C20H20N2O7S. The van der Waals surface area contributed by atoms with Gasteiger partial charge in [0.1, 0.15) is 5.56 Å². The summed E-state index contributed by atoms with van der Waals surface area (Å²) in [7, 11) is -3.42. The molecule has 1 aliphatic heterocycles. The first kappa shape index (κ1) is 21.4. The summed E-state index contributed by atoms with van der Waals surface area (Å²) in [6.45, 7) is 1.34. The average Bonchev–Trinajstić information content (AvgIpc) is 2.69. The standard InChI is InChI=1S/C20H20N2O7S/c1-13-5-3-7-17(22(25)26)19(13)20(24)29-12-18(23)15-8-9-16-14(11-15)6-4-10-21(16)30(2,27)28/h3,5,7-9,11H,4,6,10,12H2,1-2H3. The molecule has 0 saturated heterocycles. The lowest BCUT2D eigenvalue weighted by Crippen LogP contribution is -2.34. The first-order valence-electron chi connectivity index (χ1n) is 9.14. The normalized spacial score (nSPS) is 13.5. The SMILES string of the molecule is Cc1cccc([N+](=O)[O-])c1C(=O)OCC(=O)c1ccc2c(c1)CCCN2S(C)(=O)=O. The van der Waals surface area contributed by atoms with E-state index in [1.807, 2.05) is 0 Å². The number of rotatable bonds is 6. The highest BCUT2D eigenvalue weighted by Gasteiger charge is 2.26. The molecule has 0 saturated carbocycles. The molecule has 30 heavy (non-hydrogen) atoms. The van der Waals surface area contributed by atoms with Crippen molar-refractivity contribution in [2.24, 2.45) is 0 Å². The molecule has 0 N–H and O–H groups in total. The van der Waals surface area contributed by atoms with E-state index in [1.54, 1.807) is 25.1 Å². The summed E-state index contributed by atoms with van der Waals surface area (Å²) in [5, 5.41) is 11.2. The zero-order chi connectivity index (χ0) is 22.1. The number of aryl methyl sites for hydroxylation is 2. The number of Topliss-reactive ketones (excluding diaryl/α,β-unsaturated/α-hetero) is 1. The molecule has 0 amide bonds. The second-order valence-electron chi connectivity index (χ2n) is 7.01. The number of benzene rings is 2. The van der Waals surface area contributed by atoms with Crippen LogP contribution in [0.4, 0.5) is 11.4 Å². The molecule has 0 spiro atoms. The van der Waals surface area contributed by atoms with E-state index in [2.05, 4.69) is 0 Å². The summed E-state index contributed by atoms with van der Waals surface area (Å²) in [6, 6.07) is 8.84. The van der Waals surface area contributed by atoms with Crippen LogP contribution in [0.3, 0.4) is 0 Å². The number of hydrogen-bond acceptors (Lipinski definition) is 7. The Balaban J connectivity index is 1.77. The molecule has 0 bridgehead atoms. The van der Waals surface area contributed by atoms with Crippen LogP contribution in [-0.2, 0) is 21.2 Å². The fourth-order valence-electron chi connectivity index (χ4n) is 3.44. The van der Waals surface area contributed by atoms with Crippen LogP contribution in [0.25, 0.3) is 0 Å². The highest BCUT2D eigenvalue weighted by Crippen LogP contribution is 2.30. The van der Waals surface area contributed by atoms with Crippen LogP contribution in [0.1, 0.15) is 38.3 Å². The first-order chi connectivity index (χ1) is 14.1. The fraction of sp³-hybridized carbons (Fsp3) is 0.300. The lowest BCUT2D eigenvalue weighted by Gasteiger charge is -2.29. The van der Waals surface area contributed by atoms with Gasteiger partial charge in [-0.05, 0) is 49.1 Å². The number of sulfonamides is 1. The van der Waals surface area contributed by atoms with Crippen molar-refractivity contribution >= 4 is 33.2 Å². The summed E-state index contributed by atoms with van der Waals surface area (Å²) in [5.41, 5.74) is 1.32. The van der Waals surface area contributed by atoms with Crippen molar-refractivity contribution in [3.8, 4) is 0 Å². The smallest absolute Gasteiger partial charge is 0.345 e. The molecule has 2 aromatic carbocycles. The Morgan fingerprint density at radius 3 is 2.63 bits per heavy atom. The predicted octanol–water partition coefficient (Wildman–Crippen LogP) is 2.66. The molecule has 3 rings (SSSR count). The second-order valence-corrected chi connectivity index (χ2v) is 8.91. The van der Waals surface area contributed by atoms with Crippen molar-refractivity contribution in [2.45, 2.75) is 19.8 Å². The molecule has 0 fully saturated rings. The number of carbonyl (C=O) groups is 2. The summed E-state index contributed by atoms with van der Waals surface area (Å²) in [5.74, 6) is -1.44. The van der Waals surface area contributed by atoms with Gasteiger partial charge in [-0.2, -0.15) is 0 Å². The molecule has 9 nitrogen and oxygen atoms in total. The lowest BCUT2D eigenvalue weighted by atomic mass is 9.99. The van der Waals surface area contributed by atoms with Crippen LogP contribution < -0.4 is 4.31 Å². The van der Waals surface area contributed by atoms with Gasteiger partial charge < -0.3 is 4.74 Å². The maximum Gasteiger partial charge on any atom is 0.345 e. The fourth-order valence-corrected chi connectivity index (χ4v) is 4.43. The van der Waals surface area contributed by atoms with Crippen LogP contribution in [0.5, 0.6) is 0 Å². The van der Waals surface area contributed by atoms with E-state index in [0.717, 1.165) is 11.8 Å². The first-order valence-corrected chi connectivity index (χ1v) is 11.0. The number of fused-ring (bicyclic) bond motifs is 1. The summed E-state index contributed by atoms with van der Waals surface area (Å²) >= 11 is 0. The van der Waals surface area contributed by atoms with Gasteiger partial charge >= 0.3 is 5.97 Å². The van der Waals surface area contributed by atoms with E-state index in [1.165, 1.54) is 22.5 Å². The highest BCUT2D eigenvalue weighted by molar-refractivity contribution is 7.92. The molecule has 0 atom stereocenters. The summed E-state index contributed by atoms with van der Waals surface area (Å²) in [4.78, 5) is 35.3. The maximum atomic E-state index is 12.5. The Morgan fingerprint density at radius 2 is 1.97 bits per heavy atom. The molecule has 0 radical (unpaired) electrons. The van der Waals surface area contributed by atoms with Gasteiger partial charge in [0.2, 0.25) is 10.0 Å². The van der Waals surface area contributed by atoms with Crippen molar-refractivity contribution < 1.29 is 27.7 Å². The van der Waals surface area contributed by atoms with E-state index >= 15 is 0 Å². The average molecular weight is 432 g/mol. The number of ether oxygens (including phenoxy) is 1.